The monoisotopic (exact) mass is 332 g/mol. The Morgan fingerprint density at radius 3 is 2.08 bits per heavy atom. The summed E-state index contributed by atoms with van der Waals surface area (Å²) < 4.78 is 2.79. The molecule has 0 bridgehead atoms. The summed E-state index contributed by atoms with van der Waals surface area (Å²) in [6.07, 6.45) is 6.25. The van der Waals surface area contributed by atoms with Gasteiger partial charge in [0.25, 0.3) is 11.1 Å². The minimum Gasteiger partial charge on any atom is -0.301 e. The van der Waals surface area contributed by atoms with Crippen LogP contribution in [0.1, 0.15) is 37.8 Å². The number of aromatic amines is 2. The van der Waals surface area contributed by atoms with Crippen LogP contribution in [-0.4, -0.2) is 19.1 Å². The topological polar surface area (TPSA) is 110 Å². The van der Waals surface area contributed by atoms with Crippen LogP contribution >= 0.6 is 0 Å². The predicted octanol–water partition coefficient (Wildman–Crippen LogP) is 0.243. The Labute approximate surface area is 137 Å². The predicted molar refractivity (Wildman–Crippen MR) is 91.4 cm³/mol. The van der Waals surface area contributed by atoms with Crippen LogP contribution in [0.4, 0.5) is 0 Å². The zero-order valence-electron chi connectivity index (χ0n) is 13.8. The molecule has 8 heteroatoms. The van der Waals surface area contributed by atoms with E-state index in [0.29, 0.717) is 24.2 Å². The third-order valence-electron chi connectivity index (χ3n) is 3.81. The van der Waals surface area contributed by atoms with Crippen molar-refractivity contribution in [2.45, 2.75) is 39.8 Å². The van der Waals surface area contributed by atoms with E-state index in [2.05, 4.69) is 9.97 Å². The van der Waals surface area contributed by atoms with Crippen molar-refractivity contribution >= 4 is 6.08 Å². The maximum absolute atomic E-state index is 12.0. The minimum absolute atomic E-state index is 0.312. The highest BCUT2D eigenvalue weighted by atomic mass is 16.2. The van der Waals surface area contributed by atoms with Crippen molar-refractivity contribution in [1.82, 2.24) is 19.1 Å². The Kier molecular flexibility index (Phi) is 5.18. The Morgan fingerprint density at radius 1 is 0.958 bits per heavy atom. The molecular weight excluding hydrogens is 312 g/mol. The van der Waals surface area contributed by atoms with Gasteiger partial charge in [0.15, 0.2) is 0 Å². The maximum Gasteiger partial charge on any atom is 0.328 e. The summed E-state index contributed by atoms with van der Waals surface area (Å²) in [5.74, 6) is -0.312. The lowest BCUT2D eigenvalue weighted by Gasteiger charge is -2.08. The van der Waals surface area contributed by atoms with Crippen molar-refractivity contribution < 1.29 is 0 Å². The summed E-state index contributed by atoms with van der Waals surface area (Å²) in [7, 11) is 0. The minimum atomic E-state index is -0.486. The van der Waals surface area contributed by atoms with E-state index < -0.39 is 22.5 Å². The van der Waals surface area contributed by atoms with Crippen molar-refractivity contribution in [3.63, 3.8) is 0 Å². The molecule has 2 N–H and O–H groups in total. The Bertz CT molecular complexity index is 991. The SMILES string of the molecule is CCn1cc(/C=C/[C@H](C)c2cn(CC)c(=O)[nH]c2=O)c(=O)[nH]c1=O. The number of rotatable bonds is 5. The number of nitrogens with zero attached hydrogens (tertiary/aromatic N) is 2. The lowest BCUT2D eigenvalue weighted by molar-refractivity contribution is 0.676. The third-order valence-corrected chi connectivity index (χ3v) is 3.81. The molecule has 2 rings (SSSR count). The normalized spacial score (nSPS) is 12.6. The van der Waals surface area contributed by atoms with Crippen molar-refractivity contribution in [1.29, 1.82) is 0 Å². The van der Waals surface area contributed by atoms with E-state index in [1.807, 2.05) is 0 Å². The first kappa shape index (κ1) is 17.5. The summed E-state index contributed by atoms with van der Waals surface area (Å²) in [5, 5.41) is 0. The second kappa shape index (κ2) is 7.12. The van der Waals surface area contributed by atoms with E-state index in [0.717, 1.165) is 0 Å². The fourth-order valence-electron chi connectivity index (χ4n) is 2.32. The van der Waals surface area contributed by atoms with Crippen LogP contribution in [0.3, 0.4) is 0 Å². The standard InChI is InChI=1S/C16H20N4O4/c1-4-19-8-11(13(21)17-15(19)23)7-6-10(3)12-9-20(5-2)16(24)18-14(12)22/h6-10H,4-5H2,1-3H3,(H,17,21,23)(H,18,22,24)/b7-6+/t10-/m0/s1. The van der Waals surface area contributed by atoms with E-state index >= 15 is 0 Å². The van der Waals surface area contributed by atoms with Crippen LogP contribution in [0.15, 0.2) is 37.6 Å². The van der Waals surface area contributed by atoms with Crippen molar-refractivity contribution in [2.75, 3.05) is 0 Å². The van der Waals surface area contributed by atoms with Gasteiger partial charge in [0.1, 0.15) is 0 Å². The van der Waals surface area contributed by atoms with Crippen LogP contribution in [0, 0.1) is 0 Å². The van der Waals surface area contributed by atoms with Gasteiger partial charge in [-0.2, -0.15) is 0 Å². The molecule has 0 unspecified atom stereocenters. The lowest BCUT2D eigenvalue weighted by atomic mass is 10.0. The molecule has 0 aliphatic heterocycles. The van der Waals surface area contributed by atoms with Gasteiger partial charge in [-0.15, -0.1) is 0 Å². The molecule has 0 fully saturated rings. The zero-order chi connectivity index (χ0) is 17.9. The number of aromatic nitrogens is 4. The van der Waals surface area contributed by atoms with Gasteiger partial charge in [0.05, 0.1) is 5.56 Å². The van der Waals surface area contributed by atoms with Crippen molar-refractivity contribution in [2.24, 2.45) is 0 Å². The molecule has 0 radical (unpaired) electrons. The summed E-state index contributed by atoms with van der Waals surface area (Å²) in [4.78, 5) is 51.4. The van der Waals surface area contributed by atoms with Crippen LogP contribution < -0.4 is 22.5 Å². The quantitative estimate of drug-likeness (QED) is 0.817. The van der Waals surface area contributed by atoms with E-state index in [1.54, 1.807) is 32.9 Å². The van der Waals surface area contributed by atoms with Gasteiger partial charge in [0.2, 0.25) is 0 Å². The molecule has 0 amide bonds. The van der Waals surface area contributed by atoms with Gasteiger partial charge in [-0.05, 0) is 13.8 Å². The highest BCUT2D eigenvalue weighted by molar-refractivity contribution is 5.48. The molecule has 1 atom stereocenters. The largest absolute Gasteiger partial charge is 0.328 e. The number of hydrogen-bond donors (Lipinski definition) is 2. The zero-order valence-corrected chi connectivity index (χ0v) is 13.8. The van der Waals surface area contributed by atoms with Gasteiger partial charge < -0.3 is 9.13 Å². The first-order valence-corrected chi connectivity index (χ1v) is 7.73. The Balaban J connectivity index is 2.40. The van der Waals surface area contributed by atoms with E-state index in [9.17, 15) is 19.2 Å². The third kappa shape index (κ3) is 3.53. The van der Waals surface area contributed by atoms with Gasteiger partial charge in [-0.3, -0.25) is 19.6 Å². The number of aryl methyl sites for hydroxylation is 2. The summed E-state index contributed by atoms with van der Waals surface area (Å²) in [6.45, 7) is 6.27. The number of H-pyrrole nitrogens is 2. The van der Waals surface area contributed by atoms with Crippen LogP contribution in [-0.2, 0) is 13.1 Å². The molecule has 0 aliphatic rings. The molecule has 0 aromatic carbocycles. The maximum atomic E-state index is 12.0. The molecule has 0 saturated carbocycles. The molecule has 0 aliphatic carbocycles. The first-order chi connectivity index (χ1) is 11.4. The fraction of sp³-hybridized carbons (Fsp3) is 0.375. The number of nitrogens with one attached hydrogen (secondary N) is 2. The van der Waals surface area contributed by atoms with E-state index in [-0.39, 0.29) is 5.92 Å². The van der Waals surface area contributed by atoms with Crippen molar-refractivity contribution in [3.05, 3.63) is 71.3 Å². The van der Waals surface area contributed by atoms with Gasteiger partial charge in [0, 0.05) is 37.0 Å². The smallest absolute Gasteiger partial charge is 0.301 e. The summed E-state index contributed by atoms with van der Waals surface area (Å²) in [5.41, 5.74) is -1.10. The van der Waals surface area contributed by atoms with Gasteiger partial charge in [-0.25, -0.2) is 9.59 Å². The number of allylic oxidation sites excluding steroid dienone is 1. The second-order valence-electron chi connectivity index (χ2n) is 5.41. The highest BCUT2D eigenvalue weighted by Crippen LogP contribution is 2.12. The second-order valence-corrected chi connectivity index (χ2v) is 5.41. The van der Waals surface area contributed by atoms with Gasteiger partial charge >= 0.3 is 11.4 Å². The van der Waals surface area contributed by atoms with Crippen molar-refractivity contribution in [3.8, 4) is 0 Å². The molecule has 128 valence electrons. The molecular formula is C16H20N4O4. The molecule has 2 heterocycles. The Hall–Kier alpha value is -2.90. The van der Waals surface area contributed by atoms with E-state index in [1.165, 1.54) is 21.5 Å². The van der Waals surface area contributed by atoms with Crippen LogP contribution in [0.2, 0.25) is 0 Å². The molecule has 24 heavy (non-hydrogen) atoms. The molecule has 0 saturated heterocycles. The molecule has 2 aromatic rings. The molecule has 0 spiro atoms. The molecule has 2 aromatic heterocycles. The fourth-order valence-corrected chi connectivity index (χ4v) is 2.32. The number of hydrogen-bond acceptors (Lipinski definition) is 4. The van der Waals surface area contributed by atoms with Crippen LogP contribution in [0.25, 0.3) is 6.08 Å². The van der Waals surface area contributed by atoms with Gasteiger partial charge in [-0.1, -0.05) is 19.1 Å². The lowest BCUT2D eigenvalue weighted by Crippen LogP contribution is -2.32. The Morgan fingerprint density at radius 2 is 1.50 bits per heavy atom. The average molecular weight is 332 g/mol. The summed E-state index contributed by atoms with van der Waals surface area (Å²) in [6, 6.07) is 0. The summed E-state index contributed by atoms with van der Waals surface area (Å²) >= 11 is 0. The average Bonchev–Trinajstić information content (AvgIpc) is 2.54. The highest BCUT2D eigenvalue weighted by Gasteiger charge is 2.10. The molecule has 8 nitrogen and oxygen atoms in total. The first-order valence-electron chi connectivity index (χ1n) is 7.73. The van der Waals surface area contributed by atoms with Crippen LogP contribution in [0.5, 0.6) is 0 Å². The van der Waals surface area contributed by atoms with E-state index in [4.69, 9.17) is 0 Å².